The van der Waals surface area contributed by atoms with Gasteiger partial charge in [0.1, 0.15) is 0 Å². The number of aliphatic imine (C=N–C) groups is 1. The van der Waals surface area contributed by atoms with Crippen molar-refractivity contribution in [2.24, 2.45) is 10.9 Å². The van der Waals surface area contributed by atoms with Crippen molar-refractivity contribution >= 4 is 11.9 Å². The predicted molar refractivity (Wildman–Crippen MR) is 116 cm³/mol. The Bertz CT molecular complexity index is 475. The van der Waals surface area contributed by atoms with Gasteiger partial charge in [-0.05, 0) is 44.4 Å². The van der Waals surface area contributed by atoms with Crippen molar-refractivity contribution in [3.05, 3.63) is 0 Å². The van der Waals surface area contributed by atoms with Gasteiger partial charge in [0.2, 0.25) is 5.91 Å². The molecule has 2 heterocycles. The number of carbonyl (C=O) groups excluding carboxylic acids is 1. The average Bonchev–Trinajstić information content (AvgIpc) is 2.75. The molecular weight excluding hydrogens is 370 g/mol. The van der Waals surface area contributed by atoms with Gasteiger partial charge in [0, 0.05) is 65.7 Å². The lowest BCUT2D eigenvalue weighted by molar-refractivity contribution is -0.122. The van der Waals surface area contributed by atoms with Gasteiger partial charge in [-0.3, -0.25) is 14.7 Å². The highest BCUT2D eigenvalue weighted by atomic mass is 16.5. The topological polar surface area (TPSA) is 87.2 Å². The van der Waals surface area contributed by atoms with E-state index in [2.05, 4.69) is 32.8 Å². The Balaban J connectivity index is 1.50. The molecule has 0 bridgehead atoms. The largest absolute Gasteiger partial charge is 0.381 e. The van der Waals surface area contributed by atoms with E-state index in [9.17, 15) is 4.79 Å². The molecule has 2 aliphatic rings. The van der Waals surface area contributed by atoms with Crippen LogP contribution >= 0.6 is 0 Å². The van der Waals surface area contributed by atoms with Gasteiger partial charge in [-0.1, -0.05) is 6.92 Å². The molecule has 29 heavy (non-hydrogen) atoms. The van der Waals surface area contributed by atoms with E-state index >= 15 is 0 Å². The fourth-order valence-electron chi connectivity index (χ4n) is 3.69. The summed E-state index contributed by atoms with van der Waals surface area (Å²) in [5.74, 6) is 1.65. The van der Waals surface area contributed by atoms with Crippen LogP contribution in [0.1, 0.15) is 45.4 Å². The lowest BCUT2D eigenvalue weighted by atomic mass is 10.0. The molecule has 2 aliphatic heterocycles. The summed E-state index contributed by atoms with van der Waals surface area (Å²) in [6, 6.07) is 0.404. The number of hydrogen-bond acceptors (Lipinski definition) is 5. The number of nitrogens with one attached hydrogen (secondary N) is 3. The maximum absolute atomic E-state index is 11.8. The quantitative estimate of drug-likeness (QED) is 0.267. The van der Waals surface area contributed by atoms with E-state index in [0.29, 0.717) is 18.5 Å². The standard InChI is InChI=1S/C21H41N5O3/c1-3-9-23-20(27)16-26-11-5-19(6-12-26)25-21(22-2)24-10-4-13-29-17-18-7-14-28-15-8-18/h18-19H,3-17H2,1-2H3,(H,23,27)(H2,22,24,25). The van der Waals surface area contributed by atoms with Crippen LogP contribution < -0.4 is 16.0 Å². The van der Waals surface area contributed by atoms with E-state index in [1.54, 1.807) is 0 Å². The summed E-state index contributed by atoms with van der Waals surface area (Å²) >= 11 is 0. The van der Waals surface area contributed by atoms with Gasteiger partial charge in [-0.15, -0.1) is 0 Å². The Hall–Kier alpha value is -1.38. The summed E-state index contributed by atoms with van der Waals surface area (Å²) in [5, 5.41) is 9.84. The minimum absolute atomic E-state index is 0.134. The van der Waals surface area contributed by atoms with E-state index in [-0.39, 0.29) is 5.91 Å². The fraction of sp³-hybridized carbons (Fsp3) is 0.905. The van der Waals surface area contributed by atoms with Crippen LogP contribution in [-0.2, 0) is 14.3 Å². The molecule has 3 N–H and O–H groups in total. The van der Waals surface area contributed by atoms with Gasteiger partial charge in [0.05, 0.1) is 6.54 Å². The lowest BCUT2D eigenvalue weighted by Gasteiger charge is -2.32. The third-order valence-electron chi connectivity index (χ3n) is 5.54. The van der Waals surface area contributed by atoms with Crippen LogP contribution in [0.4, 0.5) is 0 Å². The maximum atomic E-state index is 11.8. The maximum Gasteiger partial charge on any atom is 0.234 e. The second-order valence-electron chi connectivity index (χ2n) is 8.03. The van der Waals surface area contributed by atoms with Crippen molar-refractivity contribution in [3.63, 3.8) is 0 Å². The first-order valence-electron chi connectivity index (χ1n) is 11.3. The van der Waals surface area contributed by atoms with Crippen LogP contribution in [-0.4, -0.2) is 89.0 Å². The SMILES string of the molecule is CCCNC(=O)CN1CCC(NC(=NC)NCCCOCC2CCOCC2)CC1. The summed E-state index contributed by atoms with van der Waals surface area (Å²) in [4.78, 5) is 18.4. The number of ether oxygens (including phenoxy) is 2. The van der Waals surface area contributed by atoms with E-state index in [0.717, 1.165) is 97.1 Å². The second-order valence-corrected chi connectivity index (χ2v) is 8.03. The first-order valence-corrected chi connectivity index (χ1v) is 11.3. The molecule has 168 valence electrons. The summed E-state index contributed by atoms with van der Waals surface area (Å²) < 4.78 is 11.2. The molecular formula is C21H41N5O3. The van der Waals surface area contributed by atoms with E-state index < -0.39 is 0 Å². The molecule has 2 rings (SSSR count). The molecule has 0 unspecified atom stereocenters. The Morgan fingerprint density at radius 1 is 1.14 bits per heavy atom. The van der Waals surface area contributed by atoms with E-state index in [1.807, 2.05) is 7.05 Å². The van der Waals surface area contributed by atoms with Gasteiger partial charge in [-0.25, -0.2) is 0 Å². The van der Waals surface area contributed by atoms with Crippen LogP contribution in [0, 0.1) is 5.92 Å². The molecule has 2 saturated heterocycles. The van der Waals surface area contributed by atoms with Crippen molar-refractivity contribution in [1.29, 1.82) is 0 Å². The molecule has 0 aliphatic carbocycles. The monoisotopic (exact) mass is 411 g/mol. The highest BCUT2D eigenvalue weighted by Crippen LogP contribution is 2.14. The van der Waals surface area contributed by atoms with Crippen molar-refractivity contribution in [1.82, 2.24) is 20.9 Å². The minimum atomic E-state index is 0.134. The molecule has 0 aromatic rings. The Morgan fingerprint density at radius 2 is 1.90 bits per heavy atom. The number of hydrogen-bond donors (Lipinski definition) is 3. The first kappa shape index (κ1) is 23.9. The Morgan fingerprint density at radius 3 is 2.59 bits per heavy atom. The molecule has 0 aromatic heterocycles. The zero-order valence-corrected chi connectivity index (χ0v) is 18.4. The number of carbonyl (C=O) groups is 1. The van der Waals surface area contributed by atoms with Crippen LogP contribution in [0.3, 0.4) is 0 Å². The number of likely N-dealkylation sites (tertiary alicyclic amines) is 1. The summed E-state index contributed by atoms with van der Waals surface area (Å²) in [7, 11) is 1.81. The zero-order valence-electron chi connectivity index (χ0n) is 18.4. The van der Waals surface area contributed by atoms with Crippen LogP contribution in [0.2, 0.25) is 0 Å². The number of rotatable bonds is 11. The third kappa shape index (κ3) is 10.3. The molecule has 0 radical (unpaired) electrons. The van der Waals surface area contributed by atoms with Gasteiger partial charge >= 0.3 is 0 Å². The molecule has 8 heteroatoms. The van der Waals surface area contributed by atoms with Gasteiger partial charge in [-0.2, -0.15) is 0 Å². The zero-order chi connectivity index (χ0) is 20.7. The van der Waals surface area contributed by atoms with Crippen molar-refractivity contribution in [3.8, 4) is 0 Å². The average molecular weight is 412 g/mol. The van der Waals surface area contributed by atoms with Gasteiger partial charge < -0.3 is 25.4 Å². The van der Waals surface area contributed by atoms with Crippen LogP contribution in [0.5, 0.6) is 0 Å². The van der Waals surface area contributed by atoms with Gasteiger partial charge in [0.15, 0.2) is 5.96 Å². The molecule has 0 spiro atoms. The molecule has 2 fully saturated rings. The lowest BCUT2D eigenvalue weighted by Crippen LogP contribution is -2.50. The highest BCUT2D eigenvalue weighted by Gasteiger charge is 2.21. The second kappa shape index (κ2) is 14.6. The molecule has 0 aromatic carbocycles. The smallest absolute Gasteiger partial charge is 0.234 e. The minimum Gasteiger partial charge on any atom is -0.381 e. The third-order valence-corrected chi connectivity index (χ3v) is 5.54. The number of guanidine groups is 1. The predicted octanol–water partition coefficient (Wildman–Crippen LogP) is 0.975. The van der Waals surface area contributed by atoms with Crippen LogP contribution in [0.25, 0.3) is 0 Å². The van der Waals surface area contributed by atoms with Crippen LogP contribution in [0.15, 0.2) is 4.99 Å². The number of nitrogens with zero attached hydrogens (tertiary/aromatic N) is 2. The van der Waals surface area contributed by atoms with Crippen molar-refractivity contribution in [2.75, 3.05) is 66.2 Å². The molecule has 1 amide bonds. The van der Waals surface area contributed by atoms with Gasteiger partial charge in [0.25, 0.3) is 0 Å². The summed E-state index contributed by atoms with van der Waals surface area (Å²) in [6.45, 7) is 9.45. The Kier molecular flexibility index (Phi) is 12.0. The van der Waals surface area contributed by atoms with Crippen molar-refractivity contribution < 1.29 is 14.3 Å². The first-order chi connectivity index (χ1) is 14.2. The molecule has 8 nitrogen and oxygen atoms in total. The molecule has 0 saturated carbocycles. The van der Waals surface area contributed by atoms with E-state index in [1.165, 1.54) is 0 Å². The summed E-state index contributed by atoms with van der Waals surface area (Å²) in [6.07, 6.45) is 6.24. The Labute approximate surface area is 176 Å². The van der Waals surface area contributed by atoms with Crippen molar-refractivity contribution in [2.45, 2.75) is 51.5 Å². The summed E-state index contributed by atoms with van der Waals surface area (Å²) in [5.41, 5.74) is 0. The van der Waals surface area contributed by atoms with E-state index in [4.69, 9.17) is 9.47 Å². The number of amides is 1. The fourth-order valence-corrected chi connectivity index (χ4v) is 3.69. The number of piperidine rings is 1. The highest BCUT2D eigenvalue weighted by molar-refractivity contribution is 5.80. The normalized spacial score (nSPS) is 19.9. The molecule has 0 atom stereocenters.